The van der Waals surface area contributed by atoms with Crippen molar-refractivity contribution in [3.8, 4) is 0 Å². The van der Waals surface area contributed by atoms with Crippen LogP contribution < -0.4 is 5.73 Å². The van der Waals surface area contributed by atoms with Crippen LogP contribution in [0.5, 0.6) is 0 Å². The molecular formula is C21H35F2N3O6. The SMILES string of the molecule is CCOC(=O)C(CC(F)=C(F)CCN=C(C)N)N(C(=O)OC(C)(C)C)C(=O)OC(C)(C)C. The van der Waals surface area contributed by atoms with Gasteiger partial charge < -0.3 is 19.9 Å². The summed E-state index contributed by atoms with van der Waals surface area (Å²) in [4.78, 5) is 42.2. The van der Waals surface area contributed by atoms with Crippen LogP contribution in [-0.4, -0.2) is 59.3 Å². The van der Waals surface area contributed by atoms with Crippen molar-refractivity contribution in [2.45, 2.75) is 85.5 Å². The van der Waals surface area contributed by atoms with Crippen LogP contribution >= 0.6 is 0 Å². The minimum absolute atomic E-state index is 0.118. The van der Waals surface area contributed by atoms with Crippen molar-refractivity contribution >= 4 is 24.0 Å². The highest BCUT2D eigenvalue weighted by Crippen LogP contribution is 2.24. The molecule has 0 saturated carbocycles. The molecule has 0 saturated heterocycles. The van der Waals surface area contributed by atoms with E-state index in [0.29, 0.717) is 4.90 Å². The van der Waals surface area contributed by atoms with E-state index < -0.39 is 59.9 Å². The highest BCUT2D eigenvalue weighted by Gasteiger charge is 2.42. The van der Waals surface area contributed by atoms with E-state index in [4.69, 9.17) is 19.9 Å². The maximum absolute atomic E-state index is 14.6. The lowest BCUT2D eigenvalue weighted by Crippen LogP contribution is -2.52. The third-order valence-corrected chi connectivity index (χ3v) is 3.41. The third kappa shape index (κ3) is 11.6. The van der Waals surface area contributed by atoms with Crippen molar-refractivity contribution in [3.63, 3.8) is 0 Å². The van der Waals surface area contributed by atoms with Gasteiger partial charge in [0.1, 0.15) is 22.9 Å². The van der Waals surface area contributed by atoms with Crippen LogP contribution in [0.15, 0.2) is 16.6 Å². The average Bonchev–Trinajstić information content (AvgIpc) is 2.57. The van der Waals surface area contributed by atoms with Gasteiger partial charge in [0.15, 0.2) is 6.04 Å². The highest BCUT2D eigenvalue weighted by atomic mass is 19.2. The second kappa shape index (κ2) is 12.4. The largest absolute Gasteiger partial charge is 0.464 e. The molecule has 32 heavy (non-hydrogen) atoms. The first-order chi connectivity index (χ1) is 14.5. The van der Waals surface area contributed by atoms with Crippen LogP contribution in [0.3, 0.4) is 0 Å². The molecule has 1 unspecified atom stereocenters. The fourth-order valence-electron chi connectivity index (χ4n) is 2.22. The molecule has 2 amide bonds. The Balaban J connectivity index is 6.15. The summed E-state index contributed by atoms with van der Waals surface area (Å²) in [5.74, 6) is -3.46. The first-order valence-corrected chi connectivity index (χ1v) is 10.2. The molecule has 0 radical (unpaired) electrons. The minimum Gasteiger partial charge on any atom is -0.464 e. The zero-order valence-corrected chi connectivity index (χ0v) is 20.1. The summed E-state index contributed by atoms with van der Waals surface area (Å²) in [5.41, 5.74) is 3.27. The number of hydrogen-bond acceptors (Lipinski definition) is 7. The molecule has 0 aliphatic rings. The Morgan fingerprint density at radius 3 is 1.81 bits per heavy atom. The normalized spacial score (nSPS) is 14.2. The monoisotopic (exact) mass is 463 g/mol. The summed E-state index contributed by atoms with van der Waals surface area (Å²) >= 11 is 0. The minimum atomic E-state index is -1.86. The lowest BCUT2D eigenvalue weighted by Gasteiger charge is -2.32. The number of amides is 2. The molecule has 9 nitrogen and oxygen atoms in total. The number of hydrogen-bond donors (Lipinski definition) is 1. The fraction of sp³-hybridized carbons (Fsp3) is 0.714. The summed E-state index contributed by atoms with van der Waals surface area (Å²) < 4.78 is 44.2. The zero-order valence-electron chi connectivity index (χ0n) is 20.1. The number of rotatable bonds is 8. The van der Waals surface area contributed by atoms with E-state index in [-0.39, 0.29) is 19.0 Å². The molecule has 0 aromatic rings. The van der Waals surface area contributed by atoms with Gasteiger partial charge in [-0.15, -0.1) is 0 Å². The van der Waals surface area contributed by atoms with Gasteiger partial charge in [0, 0.05) is 19.4 Å². The lowest BCUT2D eigenvalue weighted by molar-refractivity contribution is -0.149. The van der Waals surface area contributed by atoms with E-state index >= 15 is 0 Å². The standard InChI is InChI=1S/C21H35F2N3O6/c1-9-30-17(27)16(12-15(23)14(22)10-11-25-13(2)24)26(18(28)31-20(3,4)5)19(29)32-21(6,7)8/h16H,9-12H2,1-8H3,(H2,24,25). The van der Waals surface area contributed by atoms with E-state index in [1.165, 1.54) is 55.4 Å². The first kappa shape index (κ1) is 29.3. The molecule has 11 heteroatoms. The number of nitrogens with two attached hydrogens (primary N) is 1. The van der Waals surface area contributed by atoms with Crippen molar-refractivity contribution in [1.29, 1.82) is 0 Å². The average molecular weight is 464 g/mol. The highest BCUT2D eigenvalue weighted by molar-refractivity contribution is 5.94. The number of ether oxygens (including phenoxy) is 3. The molecule has 184 valence electrons. The Bertz CT molecular complexity index is 707. The Morgan fingerprint density at radius 2 is 1.44 bits per heavy atom. The smallest absolute Gasteiger partial charge is 0.420 e. The Kier molecular flexibility index (Phi) is 11.3. The molecule has 0 fully saturated rings. The second-order valence-corrected chi connectivity index (χ2v) is 8.89. The molecule has 0 aliphatic carbocycles. The first-order valence-electron chi connectivity index (χ1n) is 10.2. The summed E-state index contributed by atoms with van der Waals surface area (Å²) in [6.07, 6.45) is -3.91. The van der Waals surface area contributed by atoms with Crippen molar-refractivity contribution in [3.05, 3.63) is 11.7 Å². The molecule has 0 aliphatic heterocycles. The third-order valence-electron chi connectivity index (χ3n) is 3.41. The predicted molar refractivity (Wildman–Crippen MR) is 115 cm³/mol. The summed E-state index contributed by atoms with van der Waals surface area (Å²) in [6.45, 7) is 12.0. The molecular weight excluding hydrogens is 428 g/mol. The number of halogens is 2. The fourth-order valence-corrected chi connectivity index (χ4v) is 2.22. The maximum atomic E-state index is 14.6. The molecule has 0 rings (SSSR count). The molecule has 0 aromatic carbocycles. The van der Waals surface area contributed by atoms with E-state index in [0.717, 1.165) is 0 Å². The summed E-state index contributed by atoms with van der Waals surface area (Å²) in [7, 11) is 0. The maximum Gasteiger partial charge on any atom is 0.420 e. The molecule has 0 aromatic heterocycles. The number of esters is 1. The van der Waals surface area contributed by atoms with E-state index in [1.54, 1.807) is 0 Å². The van der Waals surface area contributed by atoms with Gasteiger partial charge in [0.05, 0.1) is 12.4 Å². The van der Waals surface area contributed by atoms with Crippen molar-refractivity contribution in [1.82, 2.24) is 4.90 Å². The summed E-state index contributed by atoms with van der Waals surface area (Å²) in [5, 5.41) is 0. The van der Waals surface area contributed by atoms with Crippen LogP contribution in [0.1, 0.15) is 68.2 Å². The van der Waals surface area contributed by atoms with Crippen LogP contribution in [0.25, 0.3) is 0 Å². The molecule has 0 heterocycles. The van der Waals surface area contributed by atoms with Crippen molar-refractivity contribution in [2.24, 2.45) is 10.7 Å². The Labute approximate surface area is 187 Å². The summed E-state index contributed by atoms with van der Waals surface area (Å²) in [6, 6.07) is -1.86. The second-order valence-electron chi connectivity index (χ2n) is 8.89. The number of imide groups is 1. The zero-order chi connectivity index (χ0) is 25.3. The number of aliphatic imine (C=N–C) groups is 1. The van der Waals surface area contributed by atoms with E-state index in [9.17, 15) is 23.2 Å². The topological polar surface area (TPSA) is 121 Å². The molecule has 2 N–H and O–H groups in total. The molecule has 0 bridgehead atoms. The van der Waals surface area contributed by atoms with Gasteiger partial charge in [-0.05, 0) is 55.4 Å². The predicted octanol–water partition coefficient (Wildman–Crippen LogP) is 4.40. The Morgan fingerprint density at radius 1 is 0.969 bits per heavy atom. The lowest BCUT2D eigenvalue weighted by atomic mass is 10.1. The van der Waals surface area contributed by atoms with Gasteiger partial charge >= 0.3 is 18.2 Å². The van der Waals surface area contributed by atoms with Gasteiger partial charge in [-0.25, -0.2) is 23.2 Å². The number of carbonyl (C=O) groups excluding carboxylic acids is 3. The van der Waals surface area contributed by atoms with Crippen LogP contribution in [0, 0.1) is 0 Å². The van der Waals surface area contributed by atoms with Crippen molar-refractivity contribution in [2.75, 3.05) is 13.2 Å². The number of nitrogens with zero attached hydrogens (tertiary/aromatic N) is 2. The number of carbonyl (C=O) groups is 3. The van der Waals surface area contributed by atoms with Gasteiger partial charge in [0.25, 0.3) is 0 Å². The van der Waals surface area contributed by atoms with E-state index in [1.807, 2.05) is 0 Å². The molecule has 1 atom stereocenters. The van der Waals surface area contributed by atoms with Gasteiger partial charge in [-0.2, -0.15) is 4.90 Å². The van der Waals surface area contributed by atoms with Gasteiger partial charge in [0.2, 0.25) is 0 Å². The van der Waals surface area contributed by atoms with Crippen LogP contribution in [0.2, 0.25) is 0 Å². The van der Waals surface area contributed by atoms with Gasteiger partial charge in [-0.1, -0.05) is 0 Å². The van der Waals surface area contributed by atoms with Gasteiger partial charge in [-0.3, -0.25) is 4.99 Å². The van der Waals surface area contributed by atoms with Crippen LogP contribution in [0.4, 0.5) is 18.4 Å². The Hall–Kier alpha value is -2.72. The van der Waals surface area contributed by atoms with Crippen molar-refractivity contribution < 1.29 is 37.4 Å². The quantitative estimate of drug-likeness (QED) is 0.245. The van der Waals surface area contributed by atoms with Crippen LogP contribution in [-0.2, 0) is 19.0 Å². The van der Waals surface area contributed by atoms with E-state index in [2.05, 4.69) is 4.99 Å². The molecule has 0 spiro atoms. The number of amidine groups is 1.